The first-order chi connectivity index (χ1) is 9.01. The van der Waals surface area contributed by atoms with E-state index in [4.69, 9.17) is 10.7 Å². The number of aromatic nitrogens is 2. The molecular formula is C15H20BrN3. The molecule has 3 nitrogen and oxygen atoms in total. The molecule has 0 unspecified atom stereocenters. The smallest absolute Gasteiger partial charge is 0.130 e. The molecule has 1 heterocycles. The minimum atomic E-state index is -0.240. The molecule has 1 fully saturated rings. The van der Waals surface area contributed by atoms with Crippen LogP contribution in [0.25, 0.3) is 11.0 Å². The summed E-state index contributed by atoms with van der Waals surface area (Å²) in [5.41, 5.74) is 8.61. The fourth-order valence-corrected chi connectivity index (χ4v) is 3.52. The molecule has 102 valence electrons. The Morgan fingerprint density at radius 1 is 1.32 bits per heavy atom. The molecule has 0 bridgehead atoms. The number of imidazole rings is 1. The van der Waals surface area contributed by atoms with Gasteiger partial charge in [0.25, 0.3) is 0 Å². The van der Waals surface area contributed by atoms with Crippen molar-refractivity contribution in [1.82, 2.24) is 9.55 Å². The predicted octanol–water partition coefficient (Wildman–Crippen LogP) is 4.11. The van der Waals surface area contributed by atoms with E-state index < -0.39 is 0 Å². The highest BCUT2D eigenvalue weighted by Crippen LogP contribution is 2.38. The summed E-state index contributed by atoms with van der Waals surface area (Å²) in [4.78, 5) is 4.86. The summed E-state index contributed by atoms with van der Waals surface area (Å²) in [6.07, 6.45) is 4.51. The first-order valence-corrected chi connectivity index (χ1v) is 7.77. The molecule has 0 saturated heterocycles. The third-order valence-electron chi connectivity index (χ3n) is 4.11. The van der Waals surface area contributed by atoms with E-state index in [1.807, 2.05) is 0 Å². The SMILES string of the molecule is CC(C)n1c(C2(N)CCCC2)nc2cc(Br)ccc21. The van der Waals surface area contributed by atoms with Crippen molar-refractivity contribution < 1.29 is 0 Å². The molecule has 1 aromatic heterocycles. The lowest BCUT2D eigenvalue weighted by atomic mass is 9.98. The fraction of sp³-hybridized carbons (Fsp3) is 0.533. The standard InChI is InChI=1S/C15H20BrN3/c1-10(2)19-13-6-5-11(16)9-12(13)18-14(19)15(17)7-3-4-8-15/h5-6,9-10H,3-4,7-8,17H2,1-2H3. The van der Waals surface area contributed by atoms with Gasteiger partial charge in [0.15, 0.2) is 0 Å². The Balaban J connectivity index is 2.25. The first-order valence-electron chi connectivity index (χ1n) is 6.98. The minimum Gasteiger partial charge on any atom is -0.324 e. The second-order valence-corrected chi connectivity index (χ2v) is 6.81. The van der Waals surface area contributed by atoms with Crippen molar-refractivity contribution in [2.24, 2.45) is 5.73 Å². The maximum Gasteiger partial charge on any atom is 0.130 e. The Labute approximate surface area is 122 Å². The molecule has 1 aliphatic carbocycles. The minimum absolute atomic E-state index is 0.240. The number of hydrogen-bond acceptors (Lipinski definition) is 2. The van der Waals surface area contributed by atoms with Gasteiger partial charge in [-0.25, -0.2) is 4.98 Å². The lowest BCUT2D eigenvalue weighted by Crippen LogP contribution is -2.36. The monoisotopic (exact) mass is 321 g/mol. The normalized spacial score (nSPS) is 18.6. The van der Waals surface area contributed by atoms with Crippen molar-refractivity contribution in [3.63, 3.8) is 0 Å². The van der Waals surface area contributed by atoms with Gasteiger partial charge in [-0.2, -0.15) is 0 Å². The summed E-state index contributed by atoms with van der Waals surface area (Å²) in [6.45, 7) is 4.40. The average molecular weight is 322 g/mol. The molecule has 19 heavy (non-hydrogen) atoms. The van der Waals surface area contributed by atoms with E-state index in [0.717, 1.165) is 28.7 Å². The fourth-order valence-electron chi connectivity index (χ4n) is 3.18. The average Bonchev–Trinajstić information content (AvgIpc) is 2.93. The second kappa shape index (κ2) is 4.60. The second-order valence-electron chi connectivity index (χ2n) is 5.90. The lowest BCUT2D eigenvalue weighted by Gasteiger charge is -2.26. The van der Waals surface area contributed by atoms with E-state index in [9.17, 15) is 0 Å². The Morgan fingerprint density at radius 2 is 2.00 bits per heavy atom. The number of benzene rings is 1. The molecule has 4 heteroatoms. The molecule has 1 saturated carbocycles. The van der Waals surface area contributed by atoms with Gasteiger partial charge in [0, 0.05) is 10.5 Å². The molecule has 0 atom stereocenters. The van der Waals surface area contributed by atoms with Gasteiger partial charge in [-0.15, -0.1) is 0 Å². The van der Waals surface area contributed by atoms with E-state index >= 15 is 0 Å². The summed E-state index contributed by atoms with van der Waals surface area (Å²) in [5, 5.41) is 0. The summed E-state index contributed by atoms with van der Waals surface area (Å²) >= 11 is 3.52. The van der Waals surface area contributed by atoms with Crippen LogP contribution in [0.3, 0.4) is 0 Å². The Morgan fingerprint density at radius 3 is 2.63 bits per heavy atom. The third-order valence-corrected chi connectivity index (χ3v) is 4.60. The largest absolute Gasteiger partial charge is 0.324 e. The van der Waals surface area contributed by atoms with E-state index in [1.165, 1.54) is 18.4 Å². The van der Waals surface area contributed by atoms with Crippen molar-refractivity contribution in [1.29, 1.82) is 0 Å². The zero-order valence-corrected chi connectivity index (χ0v) is 13.1. The molecular weight excluding hydrogens is 302 g/mol. The van der Waals surface area contributed by atoms with Crippen LogP contribution in [0.4, 0.5) is 0 Å². The zero-order valence-electron chi connectivity index (χ0n) is 11.5. The number of nitrogens with two attached hydrogens (primary N) is 1. The van der Waals surface area contributed by atoms with Crippen molar-refractivity contribution in [2.75, 3.05) is 0 Å². The Hall–Kier alpha value is -0.870. The first kappa shape index (κ1) is 13.1. The van der Waals surface area contributed by atoms with Crippen LogP contribution in [-0.4, -0.2) is 9.55 Å². The summed E-state index contributed by atoms with van der Waals surface area (Å²) in [7, 11) is 0. The van der Waals surface area contributed by atoms with Gasteiger partial charge in [0.05, 0.1) is 16.6 Å². The van der Waals surface area contributed by atoms with E-state index in [0.29, 0.717) is 6.04 Å². The lowest BCUT2D eigenvalue weighted by molar-refractivity contribution is 0.398. The van der Waals surface area contributed by atoms with Crippen LogP contribution in [0.1, 0.15) is 51.4 Å². The molecule has 0 amide bonds. The summed E-state index contributed by atoms with van der Waals surface area (Å²) in [5.74, 6) is 1.06. The molecule has 0 aliphatic heterocycles. The number of fused-ring (bicyclic) bond motifs is 1. The maximum atomic E-state index is 6.63. The van der Waals surface area contributed by atoms with Gasteiger partial charge in [-0.1, -0.05) is 28.8 Å². The van der Waals surface area contributed by atoms with E-state index in [-0.39, 0.29) is 5.54 Å². The number of hydrogen-bond donors (Lipinski definition) is 1. The van der Waals surface area contributed by atoms with Crippen LogP contribution >= 0.6 is 15.9 Å². The van der Waals surface area contributed by atoms with Crippen molar-refractivity contribution >= 4 is 27.0 Å². The third kappa shape index (κ3) is 2.11. The highest BCUT2D eigenvalue weighted by molar-refractivity contribution is 9.10. The van der Waals surface area contributed by atoms with Gasteiger partial charge >= 0.3 is 0 Å². The molecule has 2 aromatic rings. The zero-order chi connectivity index (χ0) is 13.6. The highest BCUT2D eigenvalue weighted by Gasteiger charge is 2.36. The molecule has 3 rings (SSSR count). The highest BCUT2D eigenvalue weighted by atomic mass is 79.9. The summed E-state index contributed by atoms with van der Waals surface area (Å²) < 4.78 is 3.38. The number of rotatable bonds is 2. The molecule has 0 spiro atoms. The molecule has 1 aromatic carbocycles. The van der Waals surface area contributed by atoms with Gasteiger partial charge in [-0.05, 0) is 44.9 Å². The van der Waals surface area contributed by atoms with Gasteiger partial charge in [0.1, 0.15) is 5.82 Å². The molecule has 2 N–H and O–H groups in total. The molecule has 1 aliphatic rings. The van der Waals surface area contributed by atoms with Gasteiger partial charge in [0.2, 0.25) is 0 Å². The van der Waals surface area contributed by atoms with Crippen LogP contribution in [0.2, 0.25) is 0 Å². The van der Waals surface area contributed by atoms with E-state index in [1.54, 1.807) is 0 Å². The topological polar surface area (TPSA) is 43.8 Å². The Kier molecular flexibility index (Phi) is 3.18. The van der Waals surface area contributed by atoms with Crippen LogP contribution in [0, 0.1) is 0 Å². The van der Waals surface area contributed by atoms with Crippen LogP contribution in [-0.2, 0) is 5.54 Å². The number of halogens is 1. The molecule has 0 radical (unpaired) electrons. The predicted molar refractivity (Wildman–Crippen MR) is 82.2 cm³/mol. The van der Waals surface area contributed by atoms with Crippen molar-refractivity contribution in [3.05, 3.63) is 28.5 Å². The van der Waals surface area contributed by atoms with Crippen LogP contribution < -0.4 is 5.73 Å². The number of nitrogens with zero attached hydrogens (tertiary/aromatic N) is 2. The van der Waals surface area contributed by atoms with Crippen molar-refractivity contribution in [2.45, 2.75) is 51.1 Å². The van der Waals surface area contributed by atoms with Crippen LogP contribution in [0.5, 0.6) is 0 Å². The van der Waals surface area contributed by atoms with Crippen molar-refractivity contribution in [3.8, 4) is 0 Å². The van der Waals surface area contributed by atoms with Crippen LogP contribution in [0.15, 0.2) is 22.7 Å². The maximum absolute atomic E-state index is 6.63. The van der Waals surface area contributed by atoms with Gasteiger partial charge < -0.3 is 10.3 Å². The Bertz CT molecular complexity index is 609. The van der Waals surface area contributed by atoms with E-state index in [2.05, 4.69) is 52.5 Å². The summed E-state index contributed by atoms with van der Waals surface area (Å²) in [6, 6.07) is 6.66. The van der Waals surface area contributed by atoms with Gasteiger partial charge in [-0.3, -0.25) is 0 Å². The quantitative estimate of drug-likeness (QED) is 0.904.